The first kappa shape index (κ1) is 16.5. The summed E-state index contributed by atoms with van der Waals surface area (Å²) in [5, 5.41) is 9.33. The van der Waals surface area contributed by atoms with Crippen LogP contribution in [-0.4, -0.2) is 18.2 Å². The fraction of sp³-hybridized carbons (Fsp3) is 0.350. The summed E-state index contributed by atoms with van der Waals surface area (Å²) in [7, 11) is 1.63. The lowest BCUT2D eigenvalue weighted by atomic mass is 9.82. The van der Waals surface area contributed by atoms with Gasteiger partial charge in [-0.2, -0.15) is 0 Å². The monoisotopic (exact) mass is 328 g/mol. The van der Waals surface area contributed by atoms with Crippen molar-refractivity contribution in [3.63, 3.8) is 0 Å². The zero-order chi connectivity index (χ0) is 17.3. The molecule has 0 aromatic heterocycles. The van der Waals surface area contributed by atoms with Crippen molar-refractivity contribution in [1.82, 2.24) is 0 Å². The molecule has 0 radical (unpaired) electrons. The third-order valence-electron chi connectivity index (χ3n) is 4.88. The Bertz CT molecular complexity index is 769. The van der Waals surface area contributed by atoms with Gasteiger partial charge in [-0.15, -0.1) is 0 Å². The van der Waals surface area contributed by atoms with Crippen LogP contribution in [-0.2, 0) is 17.6 Å². The van der Waals surface area contributed by atoms with Gasteiger partial charge in [-0.3, -0.25) is 4.79 Å². The summed E-state index contributed by atoms with van der Waals surface area (Å²) in [6.45, 7) is 1.72. The van der Waals surface area contributed by atoms with Crippen molar-refractivity contribution < 1.29 is 19.0 Å². The number of hydrogen-bond donors (Lipinski definition) is 1. The minimum absolute atomic E-state index is 0.0462. The molecule has 0 fully saturated rings. The SMILES string of the molecule is COc1ccc2c(c1)CCc1cc(F)ccc1C2CC(C)C(=O)O. The highest BCUT2D eigenvalue weighted by molar-refractivity contribution is 5.69. The number of hydrogen-bond acceptors (Lipinski definition) is 2. The molecular formula is C20H21FO3. The summed E-state index contributed by atoms with van der Waals surface area (Å²) in [6.07, 6.45) is 2.03. The summed E-state index contributed by atoms with van der Waals surface area (Å²) in [6, 6.07) is 10.8. The normalized spacial score (nSPS) is 17.4. The molecule has 2 aromatic rings. The Morgan fingerprint density at radius 1 is 1.21 bits per heavy atom. The molecule has 0 saturated carbocycles. The standard InChI is InChI=1S/C20H21FO3/c1-12(20(22)23)9-19-17-7-5-15(21)10-13(17)3-4-14-11-16(24-2)6-8-18(14)19/h5-8,10-12,19H,3-4,9H2,1-2H3,(H,22,23). The van der Waals surface area contributed by atoms with Gasteiger partial charge < -0.3 is 9.84 Å². The third-order valence-corrected chi connectivity index (χ3v) is 4.88. The molecule has 0 aliphatic heterocycles. The van der Waals surface area contributed by atoms with Gasteiger partial charge in [0.05, 0.1) is 13.0 Å². The zero-order valence-electron chi connectivity index (χ0n) is 13.9. The Morgan fingerprint density at radius 2 is 1.83 bits per heavy atom. The van der Waals surface area contributed by atoms with Gasteiger partial charge in [0.2, 0.25) is 0 Å². The highest BCUT2D eigenvalue weighted by atomic mass is 19.1. The van der Waals surface area contributed by atoms with Crippen LogP contribution < -0.4 is 4.74 Å². The number of halogens is 1. The van der Waals surface area contributed by atoms with Gasteiger partial charge in [0.25, 0.3) is 0 Å². The number of fused-ring (bicyclic) bond motifs is 2. The van der Waals surface area contributed by atoms with E-state index in [0.29, 0.717) is 6.42 Å². The maximum absolute atomic E-state index is 13.7. The first-order valence-electron chi connectivity index (χ1n) is 8.17. The minimum Gasteiger partial charge on any atom is -0.497 e. The Morgan fingerprint density at radius 3 is 2.46 bits per heavy atom. The number of methoxy groups -OCH3 is 1. The average molecular weight is 328 g/mol. The smallest absolute Gasteiger partial charge is 0.306 e. The van der Waals surface area contributed by atoms with E-state index in [0.717, 1.165) is 40.8 Å². The number of ether oxygens (including phenoxy) is 1. The summed E-state index contributed by atoms with van der Waals surface area (Å²) in [5.74, 6) is -0.785. The number of carboxylic acids is 1. The first-order valence-corrected chi connectivity index (χ1v) is 8.17. The van der Waals surface area contributed by atoms with Crippen molar-refractivity contribution >= 4 is 5.97 Å². The molecule has 0 saturated heterocycles. The molecule has 4 heteroatoms. The Hall–Kier alpha value is -2.36. The number of carbonyl (C=O) groups is 1. The lowest BCUT2D eigenvalue weighted by Crippen LogP contribution is -2.15. The molecule has 3 nitrogen and oxygen atoms in total. The molecule has 126 valence electrons. The van der Waals surface area contributed by atoms with Crippen LogP contribution in [0.2, 0.25) is 0 Å². The van der Waals surface area contributed by atoms with Gasteiger partial charge in [-0.1, -0.05) is 19.1 Å². The van der Waals surface area contributed by atoms with E-state index in [9.17, 15) is 14.3 Å². The first-order chi connectivity index (χ1) is 11.5. The van der Waals surface area contributed by atoms with Crippen molar-refractivity contribution in [2.24, 2.45) is 5.92 Å². The molecule has 2 aromatic carbocycles. The summed E-state index contributed by atoms with van der Waals surface area (Å²) in [4.78, 5) is 11.4. The second-order valence-electron chi connectivity index (χ2n) is 6.44. The highest BCUT2D eigenvalue weighted by Crippen LogP contribution is 2.39. The van der Waals surface area contributed by atoms with Crippen LogP contribution in [0.5, 0.6) is 5.75 Å². The van der Waals surface area contributed by atoms with Crippen LogP contribution in [0.3, 0.4) is 0 Å². The fourth-order valence-electron chi connectivity index (χ4n) is 3.54. The Kier molecular flexibility index (Phi) is 4.56. The average Bonchev–Trinajstić information content (AvgIpc) is 2.71. The van der Waals surface area contributed by atoms with Crippen molar-refractivity contribution in [3.8, 4) is 5.75 Å². The molecule has 2 unspecified atom stereocenters. The van der Waals surface area contributed by atoms with Gasteiger partial charge in [0, 0.05) is 5.92 Å². The quantitative estimate of drug-likeness (QED) is 0.916. The maximum Gasteiger partial charge on any atom is 0.306 e. The van der Waals surface area contributed by atoms with Gasteiger partial charge in [-0.25, -0.2) is 4.39 Å². The van der Waals surface area contributed by atoms with E-state index in [2.05, 4.69) is 0 Å². The van der Waals surface area contributed by atoms with Gasteiger partial charge in [0.1, 0.15) is 11.6 Å². The Balaban J connectivity index is 2.11. The molecule has 1 aliphatic carbocycles. The van der Waals surface area contributed by atoms with Crippen LogP contribution in [0.15, 0.2) is 36.4 Å². The van der Waals surface area contributed by atoms with E-state index in [-0.39, 0.29) is 11.7 Å². The van der Waals surface area contributed by atoms with E-state index in [1.807, 2.05) is 24.3 Å². The molecule has 24 heavy (non-hydrogen) atoms. The van der Waals surface area contributed by atoms with Crippen LogP contribution in [0, 0.1) is 11.7 Å². The highest BCUT2D eigenvalue weighted by Gasteiger charge is 2.27. The number of carboxylic acid groups (broad SMARTS) is 1. The summed E-state index contributed by atoms with van der Waals surface area (Å²) >= 11 is 0. The molecule has 1 N–H and O–H groups in total. The minimum atomic E-state index is -0.807. The largest absolute Gasteiger partial charge is 0.497 e. The molecule has 0 spiro atoms. The molecule has 2 atom stereocenters. The number of aliphatic carboxylic acids is 1. The molecule has 1 aliphatic rings. The van der Waals surface area contributed by atoms with Crippen LogP contribution >= 0.6 is 0 Å². The van der Waals surface area contributed by atoms with E-state index >= 15 is 0 Å². The topological polar surface area (TPSA) is 46.5 Å². The lowest BCUT2D eigenvalue weighted by Gasteiger charge is -2.22. The summed E-state index contributed by atoms with van der Waals surface area (Å²) < 4.78 is 19.0. The van der Waals surface area contributed by atoms with E-state index < -0.39 is 11.9 Å². The zero-order valence-corrected chi connectivity index (χ0v) is 13.9. The van der Waals surface area contributed by atoms with Crippen LogP contribution in [0.25, 0.3) is 0 Å². The predicted molar refractivity (Wildman–Crippen MR) is 90.1 cm³/mol. The number of aryl methyl sites for hydroxylation is 2. The van der Waals surface area contributed by atoms with Gasteiger partial charge in [0.15, 0.2) is 0 Å². The van der Waals surface area contributed by atoms with Crippen molar-refractivity contribution in [1.29, 1.82) is 0 Å². The Labute approximate surface area is 141 Å². The molecule has 0 bridgehead atoms. The molecule has 0 amide bonds. The maximum atomic E-state index is 13.7. The fourth-order valence-corrected chi connectivity index (χ4v) is 3.54. The molecule has 3 rings (SSSR count). The van der Waals surface area contributed by atoms with E-state index in [1.54, 1.807) is 20.1 Å². The third kappa shape index (κ3) is 3.14. The van der Waals surface area contributed by atoms with E-state index in [4.69, 9.17) is 4.74 Å². The summed E-state index contributed by atoms with van der Waals surface area (Å²) in [5.41, 5.74) is 4.27. The number of rotatable bonds is 4. The van der Waals surface area contributed by atoms with Gasteiger partial charge >= 0.3 is 5.97 Å². The van der Waals surface area contributed by atoms with Crippen molar-refractivity contribution in [2.45, 2.75) is 32.1 Å². The van der Waals surface area contributed by atoms with Crippen LogP contribution in [0.4, 0.5) is 4.39 Å². The van der Waals surface area contributed by atoms with E-state index in [1.165, 1.54) is 6.07 Å². The second kappa shape index (κ2) is 6.63. The lowest BCUT2D eigenvalue weighted by molar-refractivity contribution is -0.141. The molecular weight excluding hydrogens is 307 g/mol. The number of benzene rings is 2. The second-order valence-corrected chi connectivity index (χ2v) is 6.44. The van der Waals surface area contributed by atoms with Crippen LogP contribution in [0.1, 0.15) is 41.5 Å². The van der Waals surface area contributed by atoms with Gasteiger partial charge in [-0.05, 0) is 65.8 Å². The predicted octanol–water partition coefficient (Wildman–Crippen LogP) is 4.18. The molecule has 0 heterocycles. The van der Waals surface area contributed by atoms with Crippen molar-refractivity contribution in [2.75, 3.05) is 7.11 Å². The van der Waals surface area contributed by atoms with Crippen molar-refractivity contribution in [3.05, 3.63) is 64.5 Å².